The average molecular weight is 407 g/mol. The fourth-order valence-electron chi connectivity index (χ4n) is 2.24. The zero-order valence-electron chi connectivity index (χ0n) is 14.0. The van der Waals surface area contributed by atoms with E-state index in [0.29, 0.717) is 33.6 Å². The van der Waals surface area contributed by atoms with Gasteiger partial charge in [0.05, 0.1) is 27.3 Å². The number of nitrogens with one attached hydrogen (secondary N) is 1. The molecule has 0 spiro atoms. The molecule has 132 valence electrons. The topological polar surface area (TPSA) is 81.5 Å². The Hall–Kier alpha value is -2.41. The molecule has 2 rings (SSSR count). The number of hydrogen-bond acceptors (Lipinski definition) is 4. The molecular weight excluding hydrogens is 388 g/mol. The number of carbonyl (C=O) groups is 1. The second kappa shape index (κ2) is 8.62. The van der Waals surface area contributed by atoms with Crippen LogP contribution >= 0.6 is 15.9 Å². The van der Waals surface area contributed by atoms with E-state index >= 15 is 0 Å². The third-order valence-corrected chi connectivity index (χ3v) is 4.32. The van der Waals surface area contributed by atoms with Gasteiger partial charge in [-0.2, -0.15) is 0 Å². The smallest absolute Gasteiger partial charge is 0.274 e. The van der Waals surface area contributed by atoms with Crippen LogP contribution in [0.2, 0.25) is 0 Å². The van der Waals surface area contributed by atoms with E-state index in [0.717, 1.165) is 12.8 Å². The molecule has 6 nitrogen and oxygen atoms in total. The van der Waals surface area contributed by atoms with Gasteiger partial charge in [-0.1, -0.05) is 19.4 Å². The lowest BCUT2D eigenvalue weighted by Gasteiger charge is -2.11. The summed E-state index contributed by atoms with van der Waals surface area (Å²) in [7, 11) is 0. The fourth-order valence-corrected chi connectivity index (χ4v) is 2.73. The number of nitrogens with zero attached hydrogens (tertiary/aromatic N) is 1. The number of unbranched alkanes of at least 4 members (excludes halogenated alkanes) is 1. The van der Waals surface area contributed by atoms with Crippen LogP contribution in [-0.2, 0) is 0 Å². The highest BCUT2D eigenvalue weighted by Crippen LogP contribution is 2.28. The number of nitro benzene ring substituents is 1. The van der Waals surface area contributed by atoms with Crippen LogP contribution in [0.1, 0.15) is 35.7 Å². The lowest BCUT2D eigenvalue weighted by Crippen LogP contribution is -2.13. The summed E-state index contributed by atoms with van der Waals surface area (Å²) in [6.45, 7) is 4.31. The Kier molecular flexibility index (Phi) is 6.52. The first-order chi connectivity index (χ1) is 11.9. The molecule has 0 aliphatic rings. The Morgan fingerprint density at radius 1 is 1.32 bits per heavy atom. The molecule has 0 fully saturated rings. The van der Waals surface area contributed by atoms with Gasteiger partial charge in [0, 0.05) is 11.6 Å². The quantitative estimate of drug-likeness (QED) is 0.394. The van der Waals surface area contributed by atoms with Crippen molar-refractivity contribution in [3.8, 4) is 5.75 Å². The number of carbonyl (C=O) groups excluding carboxylic acids is 1. The second-order valence-corrected chi connectivity index (χ2v) is 6.36. The van der Waals surface area contributed by atoms with Gasteiger partial charge in [0.25, 0.3) is 11.6 Å². The lowest BCUT2D eigenvalue weighted by molar-refractivity contribution is -0.385. The highest BCUT2D eigenvalue weighted by atomic mass is 79.9. The summed E-state index contributed by atoms with van der Waals surface area (Å²) in [5, 5.41) is 13.7. The Morgan fingerprint density at radius 2 is 2.08 bits per heavy atom. The Bertz CT molecular complexity index is 793. The van der Waals surface area contributed by atoms with Crippen molar-refractivity contribution in [2.45, 2.75) is 26.7 Å². The highest BCUT2D eigenvalue weighted by molar-refractivity contribution is 9.10. The van der Waals surface area contributed by atoms with Crippen molar-refractivity contribution >= 4 is 33.2 Å². The van der Waals surface area contributed by atoms with Crippen molar-refractivity contribution in [3.63, 3.8) is 0 Å². The molecule has 7 heteroatoms. The first-order valence-corrected chi connectivity index (χ1v) is 8.71. The zero-order chi connectivity index (χ0) is 18.4. The number of rotatable bonds is 7. The molecule has 0 aromatic heterocycles. The molecular formula is C18H19BrN2O4. The molecule has 0 saturated heterocycles. The van der Waals surface area contributed by atoms with Gasteiger partial charge in [-0.25, -0.2) is 0 Å². The van der Waals surface area contributed by atoms with Gasteiger partial charge < -0.3 is 10.1 Å². The van der Waals surface area contributed by atoms with Gasteiger partial charge >= 0.3 is 0 Å². The van der Waals surface area contributed by atoms with Crippen molar-refractivity contribution < 1.29 is 14.5 Å². The van der Waals surface area contributed by atoms with Crippen molar-refractivity contribution in [3.05, 3.63) is 62.1 Å². The van der Waals surface area contributed by atoms with Crippen molar-refractivity contribution in [2.75, 3.05) is 11.9 Å². The molecule has 1 N–H and O–H groups in total. The largest absolute Gasteiger partial charge is 0.492 e. The molecule has 0 unspecified atom stereocenters. The SMILES string of the molecule is CCCCOc1ccc(C(=O)Nc2cccc([N+](=O)[O-])c2C)cc1Br. The first-order valence-electron chi connectivity index (χ1n) is 7.91. The normalized spacial score (nSPS) is 10.4. The molecule has 0 atom stereocenters. The molecule has 1 amide bonds. The monoisotopic (exact) mass is 406 g/mol. The maximum absolute atomic E-state index is 12.4. The van der Waals surface area contributed by atoms with E-state index in [9.17, 15) is 14.9 Å². The van der Waals surface area contributed by atoms with E-state index < -0.39 is 4.92 Å². The summed E-state index contributed by atoms with van der Waals surface area (Å²) in [5.41, 5.74) is 1.23. The predicted molar refractivity (Wildman–Crippen MR) is 100 cm³/mol. The third-order valence-electron chi connectivity index (χ3n) is 3.70. The number of nitro groups is 1. The van der Waals surface area contributed by atoms with Crippen LogP contribution in [-0.4, -0.2) is 17.4 Å². The Labute approximate surface area is 154 Å². The van der Waals surface area contributed by atoms with Crippen LogP contribution in [0.3, 0.4) is 0 Å². The van der Waals surface area contributed by atoms with Crippen molar-refractivity contribution in [1.82, 2.24) is 0 Å². The van der Waals surface area contributed by atoms with Gasteiger partial charge in [-0.15, -0.1) is 0 Å². The average Bonchev–Trinajstić information content (AvgIpc) is 2.58. The molecule has 2 aromatic carbocycles. The van der Waals surface area contributed by atoms with Crippen LogP contribution in [0, 0.1) is 17.0 Å². The van der Waals surface area contributed by atoms with E-state index in [-0.39, 0.29) is 11.6 Å². The fraction of sp³-hybridized carbons (Fsp3) is 0.278. The van der Waals surface area contributed by atoms with Crippen LogP contribution < -0.4 is 10.1 Å². The maximum atomic E-state index is 12.4. The number of amides is 1. The number of benzene rings is 2. The Morgan fingerprint density at radius 3 is 2.72 bits per heavy atom. The minimum atomic E-state index is -0.468. The molecule has 0 saturated carbocycles. The lowest BCUT2D eigenvalue weighted by atomic mass is 10.1. The maximum Gasteiger partial charge on any atom is 0.274 e. The molecule has 0 bridgehead atoms. The van der Waals surface area contributed by atoms with E-state index in [1.807, 2.05) is 0 Å². The van der Waals surface area contributed by atoms with E-state index in [1.165, 1.54) is 6.07 Å². The molecule has 0 radical (unpaired) electrons. The minimum absolute atomic E-state index is 0.0290. The summed E-state index contributed by atoms with van der Waals surface area (Å²) in [4.78, 5) is 23.0. The first kappa shape index (κ1) is 18.9. The molecule has 2 aromatic rings. The second-order valence-electron chi connectivity index (χ2n) is 5.51. The summed E-state index contributed by atoms with van der Waals surface area (Å²) >= 11 is 3.40. The summed E-state index contributed by atoms with van der Waals surface area (Å²) < 4.78 is 6.32. The van der Waals surface area contributed by atoms with Crippen LogP contribution in [0.5, 0.6) is 5.75 Å². The Balaban J connectivity index is 2.15. The summed E-state index contributed by atoms with van der Waals surface area (Å²) in [6.07, 6.45) is 2.00. The third kappa shape index (κ3) is 4.79. The van der Waals surface area contributed by atoms with Gasteiger partial charge in [0.2, 0.25) is 0 Å². The van der Waals surface area contributed by atoms with E-state index in [2.05, 4.69) is 28.2 Å². The van der Waals surface area contributed by atoms with Crippen LogP contribution in [0.25, 0.3) is 0 Å². The van der Waals surface area contributed by atoms with Gasteiger partial charge in [-0.05, 0) is 53.5 Å². The van der Waals surface area contributed by atoms with Crippen LogP contribution in [0.15, 0.2) is 40.9 Å². The van der Waals surface area contributed by atoms with Crippen molar-refractivity contribution in [2.24, 2.45) is 0 Å². The number of hydrogen-bond donors (Lipinski definition) is 1. The zero-order valence-corrected chi connectivity index (χ0v) is 15.6. The molecule has 0 aliphatic heterocycles. The highest BCUT2D eigenvalue weighted by Gasteiger charge is 2.16. The molecule has 0 heterocycles. The molecule has 25 heavy (non-hydrogen) atoms. The van der Waals surface area contributed by atoms with Crippen LogP contribution in [0.4, 0.5) is 11.4 Å². The number of halogens is 1. The molecule has 0 aliphatic carbocycles. The van der Waals surface area contributed by atoms with Crippen molar-refractivity contribution in [1.29, 1.82) is 0 Å². The summed E-state index contributed by atoms with van der Waals surface area (Å²) in [6, 6.07) is 9.65. The van der Waals surface area contributed by atoms with E-state index in [4.69, 9.17) is 4.74 Å². The minimum Gasteiger partial charge on any atom is -0.492 e. The number of anilines is 1. The predicted octanol–water partition coefficient (Wildman–Crippen LogP) is 5.10. The van der Waals surface area contributed by atoms with Gasteiger partial charge in [0.15, 0.2) is 0 Å². The van der Waals surface area contributed by atoms with E-state index in [1.54, 1.807) is 37.3 Å². The van der Waals surface area contributed by atoms with Gasteiger partial charge in [-0.3, -0.25) is 14.9 Å². The standard InChI is InChI=1S/C18H19BrN2O4/c1-3-4-10-25-17-9-8-13(11-14(17)19)18(22)20-15-6-5-7-16(12(15)2)21(23)24/h5-9,11H,3-4,10H2,1-2H3,(H,20,22). The number of ether oxygens (including phenoxy) is 1. The summed E-state index contributed by atoms with van der Waals surface area (Å²) in [5.74, 6) is 0.334. The van der Waals surface area contributed by atoms with Gasteiger partial charge in [0.1, 0.15) is 5.75 Å².